The quantitative estimate of drug-likeness (QED) is 0.659. The number of hydrogen-bond acceptors (Lipinski definition) is 9. The van der Waals surface area contributed by atoms with E-state index in [0.29, 0.717) is 0 Å². The highest BCUT2D eigenvalue weighted by Gasteiger charge is 2.36. The molecule has 27 heavy (non-hydrogen) atoms. The van der Waals surface area contributed by atoms with Crippen LogP contribution < -0.4 is 19.5 Å². The van der Waals surface area contributed by atoms with Gasteiger partial charge in [-0.05, 0) is 6.07 Å². The number of aromatic nitrogens is 3. The summed E-state index contributed by atoms with van der Waals surface area (Å²) < 4.78 is 48.7. The molecule has 11 nitrogen and oxygen atoms in total. The third kappa shape index (κ3) is 4.03. The maximum atomic E-state index is 13.0. The van der Waals surface area contributed by atoms with E-state index < -0.39 is 39.8 Å². The molecule has 0 spiro atoms. The van der Waals surface area contributed by atoms with Crippen LogP contribution >= 0.6 is 0 Å². The molecule has 2 heterocycles. The van der Waals surface area contributed by atoms with Crippen molar-refractivity contribution in [3.8, 4) is 11.8 Å². The lowest BCUT2D eigenvalue weighted by Gasteiger charge is -2.20. The summed E-state index contributed by atoms with van der Waals surface area (Å²) in [6, 6.07) is 2.23. The van der Waals surface area contributed by atoms with Gasteiger partial charge in [-0.1, -0.05) is 6.07 Å². The molecule has 0 aliphatic heterocycles. The number of rotatable bonds is 7. The number of aliphatic hydroxyl groups is 1. The van der Waals surface area contributed by atoms with Gasteiger partial charge < -0.3 is 20.3 Å². The summed E-state index contributed by atoms with van der Waals surface area (Å²) in [4.78, 5) is 23.1. The normalized spacial score (nSPS) is 12.3. The van der Waals surface area contributed by atoms with Crippen LogP contribution in [0.5, 0.6) is 11.8 Å². The Morgan fingerprint density at radius 2 is 1.93 bits per heavy atom. The number of methoxy groups -OCH3 is 2. The smallest absolute Gasteiger partial charge is 0.336 e. The third-order valence-electron chi connectivity index (χ3n) is 3.26. The van der Waals surface area contributed by atoms with Gasteiger partial charge in [-0.3, -0.25) is 0 Å². The Morgan fingerprint density at radius 3 is 2.41 bits per heavy atom. The Kier molecular flexibility index (Phi) is 6.07. The van der Waals surface area contributed by atoms with Crippen molar-refractivity contribution < 1.29 is 32.2 Å². The van der Waals surface area contributed by atoms with Gasteiger partial charge in [0.2, 0.25) is 11.8 Å². The van der Waals surface area contributed by atoms with Crippen molar-refractivity contribution in [2.75, 3.05) is 25.2 Å². The fourth-order valence-electron chi connectivity index (χ4n) is 2.06. The Bertz CT molecular complexity index is 919. The molecule has 0 radical (unpaired) electrons. The number of alkyl halides is 1. The Balaban J connectivity index is 2.70. The van der Waals surface area contributed by atoms with E-state index in [0.717, 1.165) is 12.3 Å². The van der Waals surface area contributed by atoms with Crippen LogP contribution in [0.4, 0.5) is 15.1 Å². The first-order valence-corrected chi connectivity index (χ1v) is 8.71. The molecule has 13 heteroatoms. The SMILES string of the molecule is COc1cc(OC)nc(N(C(N)=O)S(=O)(=O)c2ncccc2C(O)CF)n1. The Labute approximate surface area is 153 Å². The number of hydrogen-bond donors (Lipinski definition) is 2. The lowest BCUT2D eigenvalue weighted by molar-refractivity contribution is 0.138. The van der Waals surface area contributed by atoms with Crippen molar-refractivity contribution in [2.45, 2.75) is 11.1 Å². The van der Waals surface area contributed by atoms with Crippen LogP contribution in [0.15, 0.2) is 29.4 Å². The van der Waals surface area contributed by atoms with Crippen LogP contribution in [0, 0.1) is 0 Å². The van der Waals surface area contributed by atoms with E-state index in [1.807, 2.05) is 0 Å². The summed E-state index contributed by atoms with van der Waals surface area (Å²) in [5, 5.41) is 8.96. The molecule has 0 bridgehead atoms. The van der Waals surface area contributed by atoms with Crippen molar-refractivity contribution in [1.29, 1.82) is 0 Å². The highest BCUT2D eigenvalue weighted by molar-refractivity contribution is 7.93. The number of primary amides is 1. The minimum absolute atomic E-state index is 0.0504. The molecule has 1 unspecified atom stereocenters. The molecule has 0 fully saturated rings. The van der Waals surface area contributed by atoms with Gasteiger partial charge in [-0.15, -0.1) is 4.31 Å². The number of nitrogens with zero attached hydrogens (tertiary/aromatic N) is 4. The number of urea groups is 1. The molecule has 2 rings (SSSR count). The number of sulfonamides is 1. The number of ether oxygens (including phenoxy) is 2. The van der Waals surface area contributed by atoms with Crippen LogP contribution in [0.1, 0.15) is 11.7 Å². The fraction of sp³-hybridized carbons (Fsp3) is 0.286. The molecule has 0 aliphatic carbocycles. The monoisotopic (exact) mass is 401 g/mol. The molecule has 0 saturated heterocycles. The second kappa shape index (κ2) is 8.09. The summed E-state index contributed by atoms with van der Waals surface area (Å²) >= 11 is 0. The predicted molar refractivity (Wildman–Crippen MR) is 89.6 cm³/mol. The van der Waals surface area contributed by atoms with Gasteiger partial charge in [-0.25, -0.2) is 14.2 Å². The molecule has 146 valence electrons. The molecular weight excluding hydrogens is 385 g/mol. The zero-order valence-corrected chi connectivity index (χ0v) is 15.1. The first-order chi connectivity index (χ1) is 12.8. The van der Waals surface area contributed by atoms with E-state index in [1.165, 1.54) is 26.4 Å². The molecule has 1 atom stereocenters. The van der Waals surface area contributed by atoms with Crippen LogP contribution in [0.2, 0.25) is 0 Å². The van der Waals surface area contributed by atoms with E-state index in [1.54, 1.807) is 0 Å². The summed E-state index contributed by atoms with van der Waals surface area (Å²) in [6.07, 6.45) is -0.688. The molecule has 3 N–H and O–H groups in total. The number of anilines is 1. The largest absolute Gasteiger partial charge is 0.481 e. The highest BCUT2D eigenvalue weighted by Crippen LogP contribution is 2.28. The van der Waals surface area contributed by atoms with Gasteiger partial charge >= 0.3 is 6.03 Å². The summed E-state index contributed by atoms with van der Waals surface area (Å²) in [5.74, 6) is -0.892. The van der Waals surface area contributed by atoms with E-state index in [9.17, 15) is 22.7 Å². The maximum Gasteiger partial charge on any atom is 0.336 e. The molecule has 2 aromatic heterocycles. The number of pyridine rings is 1. The number of carbonyl (C=O) groups is 1. The molecule has 2 aromatic rings. The summed E-state index contributed by atoms with van der Waals surface area (Å²) in [7, 11) is -2.30. The van der Waals surface area contributed by atoms with E-state index in [4.69, 9.17) is 15.2 Å². The van der Waals surface area contributed by atoms with Gasteiger partial charge in [0.15, 0.2) is 5.03 Å². The van der Waals surface area contributed by atoms with Crippen molar-refractivity contribution in [3.05, 3.63) is 30.0 Å². The van der Waals surface area contributed by atoms with Crippen molar-refractivity contribution in [2.24, 2.45) is 5.73 Å². The highest BCUT2D eigenvalue weighted by atomic mass is 32.2. The van der Waals surface area contributed by atoms with Crippen molar-refractivity contribution in [1.82, 2.24) is 15.0 Å². The maximum absolute atomic E-state index is 13.0. The van der Waals surface area contributed by atoms with Gasteiger partial charge in [0, 0.05) is 11.8 Å². The zero-order valence-electron chi connectivity index (χ0n) is 14.2. The predicted octanol–water partition coefficient (Wildman–Crippen LogP) is 0.166. The van der Waals surface area contributed by atoms with Crippen LogP contribution in [-0.4, -0.2) is 55.4 Å². The lowest BCUT2D eigenvalue weighted by atomic mass is 10.2. The minimum atomic E-state index is -4.80. The van der Waals surface area contributed by atoms with Crippen molar-refractivity contribution >= 4 is 22.0 Å². The average molecular weight is 401 g/mol. The third-order valence-corrected chi connectivity index (χ3v) is 4.91. The fourth-order valence-corrected chi connectivity index (χ4v) is 3.46. The summed E-state index contributed by atoms with van der Waals surface area (Å²) in [6.45, 7) is -1.27. The Morgan fingerprint density at radius 1 is 1.33 bits per heavy atom. The standard InChI is InChI=1S/C14H16FN5O6S/c1-25-10-6-11(26-2)19-14(18-10)20(13(16)22)27(23,24)12-8(9(21)7-15)4-3-5-17-12/h3-6,9,21H,7H2,1-2H3,(H2,16,22). The van der Waals surface area contributed by atoms with E-state index in [-0.39, 0.29) is 21.6 Å². The molecule has 0 aromatic carbocycles. The van der Waals surface area contributed by atoms with Crippen molar-refractivity contribution in [3.63, 3.8) is 0 Å². The van der Waals surface area contributed by atoms with Crippen LogP contribution in [-0.2, 0) is 10.0 Å². The first kappa shape index (κ1) is 20.3. The average Bonchev–Trinajstić information content (AvgIpc) is 2.66. The molecule has 0 saturated carbocycles. The Hall–Kier alpha value is -3.06. The second-order valence-electron chi connectivity index (χ2n) is 4.93. The van der Waals surface area contributed by atoms with Gasteiger partial charge in [0.25, 0.3) is 16.0 Å². The van der Waals surface area contributed by atoms with Gasteiger partial charge in [0.1, 0.15) is 12.8 Å². The van der Waals surface area contributed by atoms with E-state index in [2.05, 4.69) is 15.0 Å². The zero-order chi connectivity index (χ0) is 20.2. The molecular formula is C14H16FN5O6S. The first-order valence-electron chi connectivity index (χ1n) is 7.27. The number of aliphatic hydroxyl groups excluding tert-OH is 1. The van der Waals surface area contributed by atoms with Gasteiger partial charge in [0.05, 0.1) is 20.3 Å². The lowest BCUT2D eigenvalue weighted by Crippen LogP contribution is -2.42. The van der Waals surface area contributed by atoms with Gasteiger partial charge in [-0.2, -0.15) is 18.4 Å². The van der Waals surface area contributed by atoms with Crippen LogP contribution in [0.25, 0.3) is 0 Å². The summed E-state index contributed by atoms with van der Waals surface area (Å²) in [5.41, 5.74) is 4.86. The van der Waals surface area contributed by atoms with Crippen LogP contribution in [0.3, 0.4) is 0 Å². The molecule has 2 amide bonds. The topological polar surface area (TPSA) is 158 Å². The minimum Gasteiger partial charge on any atom is -0.481 e. The number of carbonyl (C=O) groups excluding carboxylic acids is 1. The molecule has 0 aliphatic rings. The number of nitrogens with two attached hydrogens (primary N) is 1. The second-order valence-corrected chi connectivity index (χ2v) is 6.63. The van der Waals surface area contributed by atoms with E-state index >= 15 is 0 Å². The number of halogens is 1. The number of amides is 2.